The van der Waals surface area contributed by atoms with Crippen LogP contribution in [0.15, 0.2) is 0 Å². The number of carboxylic acids is 2. The van der Waals surface area contributed by atoms with Gasteiger partial charge in [0, 0.05) is 13.1 Å². The average molecular weight is 201 g/mol. The van der Waals surface area contributed by atoms with Crippen LogP contribution in [-0.2, 0) is 9.59 Å². The lowest BCUT2D eigenvalue weighted by Gasteiger charge is -2.39. The second-order valence-corrected chi connectivity index (χ2v) is 3.92. The highest BCUT2D eigenvalue weighted by Crippen LogP contribution is 2.40. The Labute approximate surface area is 82.1 Å². The van der Waals surface area contributed by atoms with Gasteiger partial charge in [-0.05, 0) is 18.3 Å². The first-order chi connectivity index (χ1) is 6.56. The van der Waals surface area contributed by atoms with Crippen molar-refractivity contribution in [2.45, 2.75) is 25.7 Å². The van der Waals surface area contributed by atoms with Gasteiger partial charge >= 0.3 is 11.9 Å². The molecule has 80 valence electrons. The molecule has 0 aromatic carbocycles. The van der Waals surface area contributed by atoms with E-state index in [0.29, 0.717) is 0 Å². The van der Waals surface area contributed by atoms with E-state index in [1.807, 2.05) is 0 Å². The number of rotatable bonds is 0. The molecule has 2 rings (SSSR count). The molecule has 5 nitrogen and oxygen atoms in total. The summed E-state index contributed by atoms with van der Waals surface area (Å²) in [5, 5.41) is 18.1. The molecule has 0 bridgehead atoms. The van der Waals surface area contributed by atoms with Crippen LogP contribution in [0, 0.1) is 5.41 Å². The van der Waals surface area contributed by atoms with Crippen LogP contribution in [0.25, 0.3) is 0 Å². The zero-order valence-electron chi connectivity index (χ0n) is 7.95. The van der Waals surface area contributed by atoms with Crippen molar-refractivity contribution in [3.05, 3.63) is 0 Å². The summed E-state index contributed by atoms with van der Waals surface area (Å²) in [6.45, 7) is 2.62. The molecule has 2 aliphatic rings. The van der Waals surface area contributed by atoms with Gasteiger partial charge in [0.2, 0.25) is 0 Å². The van der Waals surface area contributed by atoms with Crippen molar-refractivity contribution < 1.29 is 19.8 Å². The fourth-order valence-corrected chi connectivity index (χ4v) is 1.96. The summed E-state index contributed by atoms with van der Waals surface area (Å²) < 4.78 is 0. The molecule has 1 saturated carbocycles. The normalized spacial score (nSPS) is 22.0. The number of aliphatic carboxylic acids is 2. The molecule has 1 saturated heterocycles. The van der Waals surface area contributed by atoms with Crippen LogP contribution in [0.3, 0.4) is 0 Å². The third-order valence-electron chi connectivity index (χ3n) is 2.85. The Balaban J connectivity index is 0.000000149. The van der Waals surface area contributed by atoms with E-state index in [0.717, 1.165) is 5.41 Å². The predicted octanol–water partition coefficient (Wildman–Crippen LogP) is 0.306. The van der Waals surface area contributed by atoms with Crippen LogP contribution in [0.4, 0.5) is 0 Å². The van der Waals surface area contributed by atoms with E-state index in [2.05, 4.69) is 5.32 Å². The first-order valence-electron chi connectivity index (χ1n) is 4.73. The van der Waals surface area contributed by atoms with Gasteiger partial charge in [0.15, 0.2) is 0 Å². The smallest absolute Gasteiger partial charge is 0.414 e. The molecule has 0 aromatic heterocycles. The lowest BCUT2D eigenvalue weighted by atomic mass is 9.80. The van der Waals surface area contributed by atoms with Crippen LogP contribution in [0.5, 0.6) is 0 Å². The summed E-state index contributed by atoms with van der Waals surface area (Å²) in [7, 11) is 0. The second kappa shape index (κ2) is 4.41. The highest BCUT2D eigenvalue weighted by Gasteiger charge is 2.38. The molecule has 14 heavy (non-hydrogen) atoms. The fourth-order valence-electron chi connectivity index (χ4n) is 1.96. The fraction of sp³-hybridized carbons (Fsp3) is 0.778. The topological polar surface area (TPSA) is 86.6 Å². The van der Waals surface area contributed by atoms with E-state index < -0.39 is 11.9 Å². The Bertz CT molecular complexity index is 215. The van der Waals surface area contributed by atoms with Gasteiger partial charge in [0.25, 0.3) is 0 Å². The molecule has 1 heterocycles. The molecule has 0 radical (unpaired) electrons. The molecule has 1 aliphatic heterocycles. The summed E-state index contributed by atoms with van der Waals surface area (Å²) in [4.78, 5) is 18.2. The minimum Gasteiger partial charge on any atom is -0.473 e. The molecule has 5 heteroatoms. The number of hydrogen-bond acceptors (Lipinski definition) is 3. The maximum Gasteiger partial charge on any atom is 0.414 e. The first-order valence-corrected chi connectivity index (χ1v) is 4.73. The Morgan fingerprint density at radius 3 is 1.57 bits per heavy atom. The summed E-state index contributed by atoms with van der Waals surface area (Å²) >= 11 is 0. The number of carboxylic acid groups (broad SMARTS) is 2. The largest absolute Gasteiger partial charge is 0.473 e. The van der Waals surface area contributed by atoms with E-state index in [-0.39, 0.29) is 0 Å². The van der Waals surface area contributed by atoms with Crippen LogP contribution in [-0.4, -0.2) is 35.2 Å². The Hall–Kier alpha value is -1.10. The number of carbonyl (C=O) groups is 2. The van der Waals surface area contributed by atoms with Crippen molar-refractivity contribution in [1.82, 2.24) is 5.32 Å². The quantitative estimate of drug-likeness (QED) is 0.491. The van der Waals surface area contributed by atoms with Gasteiger partial charge in [-0.2, -0.15) is 0 Å². The molecule has 1 spiro atoms. The zero-order chi connectivity index (χ0) is 10.6. The predicted molar refractivity (Wildman–Crippen MR) is 49.0 cm³/mol. The maximum atomic E-state index is 9.10. The SMILES string of the molecule is C1CCC2(C1)CNC2.O=C(O)C(=O)O. The molecule has 0 amide bonds. The van der Waals surface area contributed by atoms with Crippen molar-refractivity contribution in [2.75, 3.05) is 13.1 Å². The summed E-state index contributed by atoms with van der Waals surface area (Å²) in [5.41, 5.74) is 0.806. The van der Waals surface area contributed by atoms with E-state index in [9.17, 15) is 0 Å². The Morgan fingerprint density at radius 2 is 1.43 bits per heavy atom. The summed E-state index contributed by atoms with van der Waals surface area (Å²) in [6.07, 6.45) is 5.98. The van der Waals surface area contributed by atoms with E-state index in [1.165, 1.54) is 38.8 Å². The third kappa shape index (κ3) is 2.70. The monoisotopic (exact) mass is 201 g/mol. The summed E-state index contributed by atoms with van der Waals surface area (Å²) in [5.74, 6) is -3.65. The molecule has 0 unspecified atom stereocenters. The number of hydrogen-bond donors (Lipinski definition) is 3. The number of nitrogens with one attached hydrogen (secondary N) is 1. The highest BCUT2D eigenvalue weighted by atomic mass is 16.4. The van der Waals surface area contributed by atoms with E-state index in [4.69, 9.17) is 19.8 Å². The molecule has 0 aromatic rings. The minimum atomic E-state index is -1.82. The minimum absolute atomic E-state index is 0.806. The van der Waals surface area contributed by atoms with Crippen LogP contribution >= 0.6 is 0 Å². The summed E-state index contributed by atoms with van der Waals surface area (Å²) in [6, 6.07) is 0. The van der Waals surface area contributed by atoms with Crippen molar-refractivity contribution in [3.63, 3.8) is 0 Å². The average Bonchev–Trinajstić information content (AvgIpc) is 2.51. The van der Waals surface area contributed by atoms with Gasteiger partial charge in [-0.3, -0.25) is 0 Å². The van der Waals surface area contributed by atoms with Crippen molar-refractivity contribution in [2.24, 2.45) is 5.41 Å². The zero-order valence-corrected chi connectivity index (χ0v) is 7.95. The molecule has 0 atom stereocenters. The Kier molecular flexibility index (Phi) is 3.46. The third-order valence-corrected chi connectivity index (χ3v) is 2.85. The van der Waals surface area contributed by atoms with Crippen molar-refractivity contribution in [3.8, 4) is 0 Å². The Morgan fingerprint density at radius 1 is 1.00 bits per heavy atom. The molecule has 1 aliphatic carbocycles. The van der Waals surface area contributed by atoms with Gasteiger partial charge in [0.05, 0.1) is 0 Å². The van der Waals surface area contributed by atoms with Crippen LogP contribution in [0.2, 0.25) is 0 Å². The van der Waals surface area contributed by atoms with Crippen LogP contribution < -0.4 is 5.32 Å². The van der Waals surface area contributed by atoms with Gasteiger partial charge in [0.1, 0.15) is 0 Å². The van der Waals surface area contributed by atoms with Gasteiger partial charge in [-0.1, -0.05) is 12.8 Å². The molecule has 2 fully saturated rings. The maximum absolute atomic E-state index is 9.10. The van der Waals surface area contributed by atoms with Crippen molar-refractivity contribution >= 4 is 11.9 Å². The lowest BCUT2D eigenvalue weighted by Crippen LogP contribution is -2.51. The lowest BCUT2D eigenvalue weighted by molar-refractivity contribution is -0.159. The first kappa shape index (κ1) is 11.0. The molecule has 3 N–H and O–H groups in total. The van der Waals surface area contributed by atoms with Crippen LogP contribution in [0.1, 0.15) is 25.7 Å². The molecular weight excluding hydrogens is 186 g/mol. The standard InChI is InChI=1S/C7H13N.C2H2O4/c1-2-4-7(3-1)5-8-6-7;3-1(4)2(5)6/h8H,1-6H2;(H,3,4)(H,5,6). The van der Waals surface area contributed by atoms with E-state index in [1.54, 1.807) is 0 Å². The van der Waals surface area contributed by atoms with Gasteiger partial charge < -0.3 is 15.5 Å². The van der Waals surface area contributed by atoms with Gasteiger partial charge in [-0.25, -0.2) is 9.59 Å². The van der Waals surface area contributed by atoms with E-state index >= 15 is 0 Å². The van der Waals surface area contributed by atoms with Crippen molar-refractivity contribution in [1.29, 1.82) is 0 Å². The second-order valence-electron chi connectivity index (χ2n) is 3.92. The van der Waals surface area contributed by atoms with Gasteiger partial charge in [-0.15, -0.1) is 0 Å². The highest BCUT2D eigenvalue weighted by molar-refractivity contribution is 6.27. The molecular formula is C9H15NO4.